The molecule has 1 aromatic carbocycles. The Labute approximate surface area is 103 Å². The molecule has 0 aliphatic carbocycles. The van der Waals surface area contributed by atoms with Crippen LogP contribution in [0.2, 0.25) is 0 Å². The lowest BCUT2D eigenvalue weighted by Gasteiger charge is -2.28. The van der Waals surface area contributed by atoms with Gasteiger partial charge in [-0.2, -0.15) is 0 Å². The van der Waals surface area contributed by atoms with Gasteiger partial charge in [0.05, 0.1) is 0 Å². The maximum Gasteiger partial charge on any atom is 0.123 e. The molecule has 17 heavy (non-hydrogen) atoms. The summed E-state index contributed by atoms with van der Waals surface area (Å²) in [5, 5.41) is 3.60. The Bertz CT molecular complexity index is 367. The van der Waals surface area contributed by atoms with E-state index in [1.165, 1.54) is 24.8 Å². The van der Waals surface area contributed by atoms with Crippen molar-refractivity contribution in [3.8, 4) is 0 Å². The van der Waals surface area contributed by atoms with Gasteiger partial charge in [-0.3, -0.25) is 0 Å². The zero-order chi connectivity index (χ0) is 12.3. The van der Waals surface area contributed by atoms with Gasteiger partial charge in [0.1, 0.15) is 5.82 Å². The number of nitrogens with one attached hydrogen (secondary N) is 1. The molecule has 1 N–H and O–H groups in total. The molecule has 0 spiro atoms. The molecule has 1 heterocycles. The molecule has 1 aliphatic heterocycles. The highest BCUT2D eigenvalue weighted by molar-refractivity contribution is 5.26. The van der Waals surface area contributed by atoms with Crippen LogP contribution in [-0.4, -0.2) is 12.6 Å². The largest absolute Gasteiger partial charge is 0.314 e. The van der Waals surface area contributed by atoms with Crippen molar-refractivity contribution in [2.45, 2.75) is 45.6 Å². The zero-order valence-corrected chi connectivity index (χ0v) is 10.8. The number of hydrogen-bond donors (Lipinski definition) is 1. The number of benzene rings is 1. The first-order chi connectivity index (χ1) is 8.15. The molecule has 2 atom stereocenters. The number of rotatable bonds is 3. The van der Waals surface area contributed by atoms with Crippen molar-refractivity contribution in [3.05, 3.63) is 35.1 Å². The maximum atomic E-state index is 13.0. The smallest absolute Gasteiger partial charge is 0.123 e. The van der Waals surface area contributed by atoms with Crippen molar-refractivity contribution in [3.63, 3.8) is 0 Å². The van der Waals surface area contributed by atoms with Gasteiger partial charge in [-0.15, -0.1) is 0 Å². The van der Waals surface area contributed by atoms with E-state index in [0.29, 0.717) is 6.04 Å². The average Bonchev–Trinajstić information content (AvgIpc) is 2.30. The normalized spacial score (nSPS) is 24.9. The lowest BCUT2D eigenvalue weighted by Crippen LogP contribution is -2.38. The van der Waals surface area contributed by atoms with Crippen LogP contribution >= 0.6 is 0 Å². The van der Waals surface area contributed by atoms with Crippen LogP contribution in [0.4, 0.5) is 4.39 Å². The highest BCUT2D eigenvalue weighted by Crippen LogP contribution is 2.19. The van der Waals surface area contributed by atoms with Crippen LogP contribution in [0.5, 0.6) is 0 Å². The summed E-state index contributed by atoms with van der Waals surface area (Å²) in [5.41, 5.74) is 2.36. The standard InChI is InChI=1S/C15H22FN/c1-11-3-7-15(17-10-11)8-5-13-4-6-14(16)9-12(13)2/h4,6,9,11,15,17H,3,5,7-8,10H2,1-2H3. The van der Waals surface area contributed by atoms with E-state index < -0.39 is 0 Å². The lowest BCUT2D eigenvalue weighted by atomic mass is 9.92. The fourth-order valence-corrected chi connectivity index (χ4v) is 2.57. The Kier molecular flexibility index (Phi) is 4.16. The molecular formula is C15H22FN. The highest BCUT2D eigenvalue weighted by Gasteiger charge is 2.17. The third kappa shape index (κ3) is 3.53. The molecule has 0 bridgehead atoms. The Morgan fingerprint density at radius 3 is 2.82 bits per heavy atom. The van der Waals surface area contributed by atoms with E-state index in [1.54, 1.807) is 12.1 Å². The Balaban J connectivity index is 1.85. The summed E-state index contributed by atoms with van der Waals surface area (Å²) < 4.78 is 13.0. The fraction of sp³-hybridized carbons (Fsp3) is 0.600. The van der Waals surface area contributed by atoms with Crippen LogP contribution in [0.25, 0.3) is 0 Å². The SMILES string of the molecule is Cc1cc(F)ccc1CCC1CCC(C)CN1. The van der Waals surface area contributed by atoms with Crippen LogP contribution < -0.4 is 5.32 Å². The molecule has 1 nitrogen and oxygen atoms in total. The monoisotopic (exact) mass is 235 g/mol. The number of aryl methyl sites for hydroxylation is 2. The number of piperidine rings is 1. The van der Waals surface area contributed by atoms with Crippen molar-refractivity contribution in [1.29, 1.82) is 0 Å². The van der Waals surface area contributed by atoms with Crippen molar-refractivity contribution < 1.29 is 4.39 Å². The third-order valence-corrected chi connectivity index (χ3v) is 3.83. The molecular weight excluding hydrogens is 213 g/mol. The van der Waals surface area contributed by atoms with Crippen LogP contribution in [0.15, 0.2) is 18.2 Å². The first-order valence-corrected chi connectivity index (χ1v) is 6.63. The third-order valence-electron chi connectivity index (χ3n) is 3.83. The van der Waals surface area contributed by atoms with Crippen LogP contribution in [-0.2, 0) is 6.42 Å². The topological polar surface area (TPSA) is 12.0 Å². The number of hydrogen-bond acceptors (Lipinski definition) is 1. The molecule has 1 aromatic rings. The molecule has 0 radical (unpaired) electrons. The summed E-state index contributed by atoms with van der Waals surface area (Å²) >= 11 is 0. The van der Waals surface area contributed by atoms with Gasteiger partial charge in [-0.05, 0) is 68.3 Å². The van der Waals surface area contributed by atoms with Gasteiger partial charge in [-0.25, -0.2) is 4.39 Å². The molecule has 2 heteroatoms. The van der Waals surface area contributed by atoms with Crippen molar-refractivity contribution in [2.24, 2.45) is 5.92 Å². The van der Waals surface area contributed by atoms with E-state index in [1.807, 2.05) is 13.0 Å². The zero-order valence-electron chi connectivity index (χ0n) is 10.8. The molecule has 1 aliphatic rings. The minimum absolute atomic E-state index is 0.129. The van der Waals surface area contributed by atoms with E-state index in [9.17, 15) is 4.39 Å². The quantitative estimate of drug-likeness (QED) is 0.846. The van der Waals surface area contributed by atoms with Gasteiger partial charge >= 0.3 is 0 Å². The van der Waals surface area contributed by atoms with Crippen molar-refractivity contribution in [1.82, 2.24) is 5.32 Å². The van der Waals surface area contributed by atoms with Crippen LogP contribution in [0.1, 0.15) is 37.3 Å². The maximum absolute atomic E-state index is 13.0. The van der Waals surface area contributed by atoms with Gasteiger partial charge in [-0.1, -0.05) is 13.0 Å². The second kappa shape index (κ2) is 5.63. The Morgan fingerprint density at radius 1 is 1.35 bits per heavy atom. The van der Waals surface area contributed by atoms with E-state index in [-0.39, 0.29) is 5.82 Å². The molecule has 94 valence electrons. The van der Waals surface area contributed by atoms with Crippen molar-refractivity contribution in [2.75, 3.05) is 6.54 Å². The van der Waals surface area contributed by atoms with Gasteiger partial charge in [0, 0.05) is 6.04 Å². The van der Waals surface area contributed by atoms with Gasteiger partial charge in [0.2, 0.25) is 0 Å². The van der Waals surface area contributed by atoms with E-state index in [0.717, 1.165) is 24.4 Å². The van der Waals surface area contributed by atoms with Crippen LogP contribution in [0.3, 0.4) is 0 Å². The van der Waals surface area contributed by atoms with E-state index >= 15 is 0 Å². The molecule has 1 fully saturated rings. The Morgan fingerprint density at radius 2 is 2.18 bits per heavy atom. The second-order valence-corrected chi connectivity index (χ2v) is 5.40. The fourth-order valence-electron chi connectivity index (χ4n) is 2.57. The van der Waals surface area contributed by atoms with Gasteiger partial charge in [0.15, 0.2) is 0 Å². The predicted molar refractivity (Wildman–Crippen MR) is 69.6 cm³/mol. The van der Waals surface area contributed by atoms with E-state index in [2.05, 4.69) is 12.2 Å². The van der Waals surface area contributed by atoms with Crippen LogP contribution in [0, 0.1) is 18.7 Å². The van der Waals surface area contributed by atoms with E-state index in [4.69, 9.17) is 0 Å². The average molecular weight is 235 g/mol. The molecule has 1 saturated heterocycles. The van der Waals surface area contributed by atoms with Gasteiger partial charge in [0.25, 0.3) is 0 Å². The first-order valence-electron chi connectivity index (χ1n) is 6.63. The summed E-state index contributed by atoms with van der Waals surface area (Å²) in [5.74, 6) is 0.690. The molecule has 2 rings (SSSR count). The predicted octanol–water partition coefficient (Wildman–Crippen LogP) is 3.45. The summed E-state index contributed by atoms with van der Waals surface area (Å²) in [4.78, 5) is 0. The second-order valence-electron chi connectivity index (χ2n) is 5.40. The summed E-state index contributed by atoms with van der Waals surface area (Å²) in [6.07, 6.45) is 4.83. The van der Waals surface area contributed by atoms with Crippen molar-refractivity contribution >= 4 is 0 Å². The summed E-state index contributed by atoms with van der Waals surface area (Å²) in [6, 6.07) is 5.77. The summed E-state index contributed by atoms with van der Waals surface area (Å²) in [6.45, 7) is 5.44. The number of halogens is 1. The lowest BCUT2D eigenvalue weighted by molar-refractivity contribution is 0.316. The minimum atomic E-state index is -0.129. The highest BCUT2D eigenvalue weighted by atomic mass is 19.1. The molecule has 0 aromatic heterocycles. The minimum Gasteiger partial charge on any atom is -0.314 e. The first kappa shape index (κ1) is 12.6. The van der Waals surface area contributed by atoms with Gasteiger partial charge < -0.3 is 5.32 Å². The Hall–Kier alpha value is -0.890. The molecule has 0 saturated carbocycles. The molecule has 2 unspecified atom stereocenters. The summed E-state index contributed by atoms with van der Waals surface area (Å²) in [7, 11) is 0. The molecule has 0 amide bonds.